The molecule has 2 aromatic heterocycles. The zero-order valence-corrected chi connectivity index (χ0v) is 14.6. The molecule has 0 radical (unpaired) electrons. The zero-order chi connectivity index (χ0) is 15.3. The third-order valence-electron chi connectivity index (χ3n) is 4.57. The Hall–Kier alpha value is -1.35. The maximum absolute atomic E-state index is 10.3. The number of aromatic nitrogens is 4. The first-order valence-corrected chi connectivity index (χ1v) is 7.71. The summed E-state index contributed by atoms with van der Waals surface area (Å²) in [5.41, 5.74) is 7.15. The van der Waals surface area contributed by atoms with Crippen LogP contribution in [0, 0.1) is 5.92 Å². The van der Waals surface area contributed by atoms with E-state index < -0.39 is 6.10 Å². The topological polar surface area (TPSA) is 122 Å². The van der Waals surface area contributed by atoms with Gasteiger partial charge >= 0.3 is 0 Å². The van der Waals surface area contributed by atoms with Gasteiger partial charge in [-0.1, -0.05) is 0 Å². The molecule has 134 valence electrons. The van der Waals surface area contributed by atoms with Crippen LogP contribution in [0.15, 0.2) is 6.33 Å². The van der Waals surface area contributed by atoms with Gasteiger partial charge in [0.15, 0.2) is 17.0 Å². The van der Waals surface area contributed by atoms with Crippen LogP contribution in [0.2, 0.25) is 0 Å². The lowest BCUT2D eigenvalue weighted by atomic mass is 10.1. The van der Waals surface area contributed by atoms with Crippen molar-refractivity contribution in [1.82, 2.24) is 19.5 Å². The molecule has 0 aromatic carbocycles. The van der Waals surface area contributed by atoms with E-state index in [-0.39, 0.29) is 49.3 Å². The highest BCUT2D eigenvalue weighted by Gasteiger charge is 2.35. The molecule has 24 heavy (non-hydrogen) atoms. The Labute approximate surface area is 151 Å². The third kappa shape index (κ3) is 3.37. The summed E-state index contributed by atoms with van der Waals surface area (Å²) in [6.07, 6.45) is 4.74. The number of aliphatic hydroxyl groups excluding tert-OH is 2. The first-order valence-electron chi connectivity index (χ1n) is 7.71. The molecule has 3 atom stereocenters. The molecule has 10 heteroatoms. The van der Waals surface area contributed by atoms with E-state index >= 15 is 0 Å². The Morgan fingerprint density at radius 2 is 2.00 bits per heavy atom. The van der Waals surface area contributed by atoms with Crippen LogP contribution in [-0.2, 0) is 0 Å². The summed E-state index contributed by atoms with van der Waals surface area (Å²) < 4.78 is 1.87. The predicted molar refractivity (Wildman–Crippen MR) is 95.7 cm³/mol. The Bertz CT molecular complexity index is 708. The highest BCUT2D eigenvalue weighted by molar-refractivity contribution is 5.86. The molecule has 8 nitrogen and oxygen atoms in total. The average Bonchev–Trinajstić information content (AvgIpc) is 3.08. The van der Waals surface area contributed by atoms with Crippen LogP contribution in [0.25, 0.3) is 11.2 Å². The van der Waals surface area contributed by atoms with Gasteiger partial charge in [-0.05, 0) is 31.6 Å². The van der Waals surface area contributed by atoms with E-state index in [2.05, 4.69) is 20.3 Å². The van der Waals surface area contributed by atoms with E-state index in [0.717, 1.165) is 12.8 Å². The van der Waals surface area contributed by atoms with E-state index in [1.807, 2.05) is 4.57 Å². The van der Waals surface area contributed by atoms with Crippen LogP contribution in [0.3, 0.4) is 0 Å². The second-order valence-corrected chi connectivity index (χ2v) is 6.33. The molecule has 0 saturated heterocycles. The maximum atomic E-state index is 10.3. The Kier molecular flexibility index (Phi) is 5.74. The predicted octanol–water partition coefficient (Wildman–Crippen LogP) is 1.13. The molecule has 0 spiro atoms. The van der Waals surface area contributed by atoms with Crippen LogP contribution in [0.4, 0.5) is 11.8 Å². The van der Waals surface area contributed by atoms with Crippen molar-refractivity contribution < 1.29 is 10.2 Å². The molecule has 4 rings (SSSR count). The molecule has 2 aromatic rings. The van der Waals surface area contributed by atoms with Crippen molar-refractivity contribution in [2.75, 3.05) is 17.7 Å². The third-order valence-corrected chi connectivity index (χ3v) is 4.57. The summed E-state index contributed by atoms with van der Waals surface area (Å²) in [6, 6.07) is 0.309. The van der Waals surface area contributed by atoms with Gasteiger partial charge in [-0.2, -0.15) is 9.97 Å². The number of nitrogens with zero attached hydrogens (tertiary/aromatic N) is 4. The fraction of sp³-hybridized carbons (Fsp3) is 0.643. The summed E-state index contributed by atoms with van der Waals surface area (Å²) in [6.45, 7) is 0.0891. The number of hydrogen-bond donors (Lipinski definition) is 4. The van der Waals surface area contributed by atoms with Crippen molar-refractivity contribution in [1.29, 1.82) is 0 Å². The lowest BCUT2D eigenvalue weighted by molar-refractivity contribution is 0.132. The number of imidazole rings is 1. The number of fused-ring (bicyclic) bond motifs is 1. The van der Waals surface area contributed by atoms with Gasteiger partial charge in [0.25, 0.3) is 0 Å². The Morgan fingerprint density at radius 3 is 2.62 bits per heavy atom. The van der Waals surface area contributed by atoms with Gasteiger partial charge in [-0.25, -0.2) is 4.98 Å². The number of nitrogens with one attached hydrogen (secondary N) is 1. The molecule has 0 amide bonds. The number of anilines is 2. The lowest BCUT2D eigenvalue weighted by Crippen LogP contribution is -2.18. The minimum absolute atomic E-state index is 0. The van der Waals surface area contributed by atoms with Gasteiger partial charge in [-0.3, -0.25) is 0 Å². The van der Waals surface area contributed by atoms with Gasteiger partial charge in [0.1, 0.15) is 0 Å². The van der Waals surface area contributed by atoms with Crippen molar-refractivity contribution in [3.63, 3.8) is 0 Å². The van der Waals surface area contributed by atoms with Crippen LogP contribution < -0.4 is 11.1 Å². The highest BCUT2D eigenvalue weighted by Crippen LogP contribution is 2.37. The highest BCUT2D eigenvalue weighted by atomic mass is 35.5. The number of rotatable bonds is 4. The van der Waals surface area contributed by atoms with Gasteiger partial charge in [-0.15, -0.1) is 24.8 Å². The smallest absolute Gasteiger partial charge is 0.224 e. The molecule has 2 saturated carbocycles. The number of nitrogen functional groups attached to an aromatic ring is 1. The summed E-state index contributed by atoms with van der Waals surface area (Å²) in [5.74, 6) is 0.972. The number of halogens is 2. The largest absolute Gasteiger partial charge is 0.396 e. The molecular formula is C14H22Cl2N6O2. The van der Waals surface area contributed by atoms with Crippen LogP contribution >= 0.6 is 24.8 Å². The van der Waals surface area contributed by atoms with Crippen LogP contribution in [0.1, 0.15) is 31.7 Å². The summed E-state index contributed by atoms with van der Waals surface area (Å²) >= 11 is 0. The lowest BCUT2D eigenvalue weighted by Gasteiger charge is -2.16. The van der Waals surface area contributed by atoms with Gasteiger partial charge in [0, 0.05) is 12.6 Å². The van der Waals surface area contributed by atoms with Crippen molar-refractivity contribution in [3.8, 4) is 0 Å². The summed E-state index contributed by atoms with van der Waals surface area (Å²) in [7, 11) is 0. The van der Waals surface area contributed by atoms with Crippen molar-refractivity contribution in [2.24, 2.45) is 5.92 Å². The summed E-state index contributed by atoms with van der Waals surface area (Å²) in [4.78, 5) is 13.0. The maximum Gasteiger partial charge on any atom is 0.224 e. The first kappa shape index (κ1) is 19.0. The molecule has 0 unspecified atom stereocenters. The van der Waals surface area contributed by atoms with E-state index in [9.17, 15) is 10.2 Å². The fourth-order valence-electron chi connectivity index (χ4n) is 3.24. The second-order valence-electron chi connectivity index (χ2n) is 6.33. The molecular weight excluding hydrogens is 355 g/mol. The standard InChI is InChI=1S/C14H20N6O2.2ClH/c15-14-18-12(17-8-1-2-8)11-13(19-14)20(6-16-11)9-3-7(5-21)4-10(9)22;;/h6-10,21-22H,1-5H2,(H3,15,17,18,19);2*1H/t7-,9+,10+;;/m0../s1. The molecule has 5 N–H and O–H groups in total. The van der Waals surface area contributed by atoms with Gasteiger partial charge < -0.3 is 25.8 Å². The second kappa shape index (κ2) is 7.26. The van der Waals surface area contributed by atoms with Crippen LogP contribution in [-0.4, -0.2) is 48.5 Å². The number of nitrogens with two attached hydrogens (primary N) is 1. The monoisotopic (exact) mass is 376 g/mol. The van der Waals surface area contributed by atoms with E-state index in [0.29, 0.717) is 35.9 Å². The van der Waals surface area contributed by atoms with Crippen molar-refractivity contribution in [3.05, 3.63) is 6.33 Å². The Balaban J connectivity index is 0.00000104. The quantitative estimate of drug-likeness (QED) is 0.630. The molecule has 2 fully saturated rings. The fourth-order valence-corrected chi connectivity index (χ4v) is 3.24. The first-order chi connectivity index (χ1) is 10.7. The summed E-state index contributed by atoms with van der Waals surface area (Å²) in [5, 5.41) is 22.9. The number of aliphatic hydroxyl groups is 2. The molecule has 0 aliphatic heterocycles. The SMILES string of the molecule is Cl.Cl.Nc1nc(NC2CC2)c2ncn([C@@H]3C[C@H](CO)C[C@H]3O)c2n1. The number of hydrogen-bond acceptors (Lipinski definition) is 7. The molecule has 0 bridgehead atoms. The molecule has 2 aliphatic rings. The minimum atomic E-state index is -0.509. The van der Waals surface area contributed by atoms with E-state index in [4.69, 9.17) is 5.73 Å². The van der Waals surface area contributed by atoms with Crippen LogP contribution in [0.5, 0.6) is 0 Å². The minimum Gasteiger partial charge on any atom is -0.396 e. The van der Waals surface area contributed by atoms with E-state index in [1.165, 1.54) is 0 Å². The zero-order valence-electron chi connectivity index (χ0n) is 13.0. The van der Waals surface area contributed by atoms with Crippen molar-refractivity contribution >= 4 is 47.7 Å². The molecule has 2 heterocycles. The average molecular weight is 377 g/mol. The Morgan fingerprint density at radius 1 is 1.25 bits per heavy atom. The van der Waals surface area contributed by atoms with Gasteiger partial charge in [0.05, 0.1) is 18.5 Å². The van der Waals surface area contributed by atoms with Crippen molar-refractivity contribution in [2.45, 2.75) is 43.9 Å². The normalized spacial score (nSPS) is 26.0. The van der Waals surface area contributed by atoms with E-state index in [1.54, 1.807) is 6.33 Å². The molecule has 2 aliphatic carbocycles. The van der Waals surface area contributed by atoms with Gasteiger partial charge in [0.2, 0.25) is 5.95 Å².